The highest BCUT2D eigenvalue weighted by molar-refractivity contribution is 4.44. The summed E-state index contributed by atoms with van der Waals surface area (Å²) in [4.78, 5) is 0. The summed E-state index contributed by atoms with van der Waals surface area (Å²) in [6, 6.07) is 0. The van der Waals surface area contributed by atoms with Crippen molar-refractivity contribution in [1.82, 2.24) is 0 Å². The summed E-state index contributed by atoms with van der Waals surface area (Å²) < 4.78 is 1.29. The monoisotopic (exact) mass is 171 g/mol. The fraction of sp³-hybridized carbons (Fsp3) is 0.909. The SMILES string of the molecule is [CH2]CCCC[N+](CC)(CC)CC. The van der Waals surface area contributed by atoms with Crippen LogP contribution in [0.1, 0.15) is 40.0 Å². The summed E-state index contributed by atoms with van der Waals surface area (Å²) >= 11 is 0. The van der Waals surface area contributed by atoms with Gasteiger partial charge in [-0.25, -0.2) is 0 Å². The minimum absolute atomic E-state index is 1.09. The molecule has 0 saturated carbocycles. The highest BCUT2D eigenvalue weighted by Gasteiger charge is 2.18. The van der Waals surface area contributed by atoms with Crippen LogP contribution in [0.25, 0.3) is 0 Å². The van der Waals surface area contributed by atoms with Gasteiger partial charge in [0.15, 0.2) is 0 Å². The van der Waals surface area contributed by atoms with Crippen molar-refractivity contribution >= 4 is 0 Å². The molecule has 0 aromatic heterocycles. The maximum atomic E-state index is 3.88. The predicted octanol–water partition coefficient (Wildman–Crippen LogP) is 2.87. The third-order valence-electron chi connectivity index (χ3n) is 3.14. The topological polar surface area (TPSA) is 0 Å². The zero-order chi connectivity index (χ0) is 9.45. The zero-order valence-corrected chi connectivity index (χ0v) is 9.10. The molecule has 12 heavy (non-hydrogen) atoms. The van der Waals surface area contributed by atoms with E-state index in [0.29, 0.717) is 0 Å². The van der Waals surface area contributed by atoms with Gasteiger partial charge >= 0.3 is 0 Å². The molecular formula is C11H25N+. The molecule has 0 atom stereocenters. The van der Waals surface area contributed by atoms with Crippen LogP contribution in [0.4, 0.5) is 0 Å². The van der Waals surface area contributed by atoms with Gasteiger partial charge in [-0.3, -0.25) is 0 Å². The molecule has 0 fully saturated rings. The van der Waals surface area contributed by atoms with E-state index in [1.54, 1.807) is 0 Å². The summed E-state index contributed by atoms with van der Waals surface area (Å²) in [5.74, 6) is 0. The Morgan fingerprint density at radius 2 is 1.42 bits per heavy atom. The molecule has 0 amide bonds. The van der Waals surface area contributed by atoms with Crippen LogP contribution >= 0.6 is 0 Å². The van der Waals surface area contributed by atoms with E-state index < -0.39 is 0 Å². The first-order valence-corrected chi connectivity index (χ1v) is 5.39. The lowest BCUT2D eigenvalue weighted by molar-refractivity contribution is -0.923. The summed E-state index contributed by atoms with van der Waals surface area (Å²) in [6.45, 7) is 16.0. The maximum absolute atomic E-state index is 3.88. The summed E-state index contributed by atoms with van der Waals surface area (Å²) in [5.41, 5.74) is 0. The number of unbranched alkanes of at least 4 members (excludes halogenated alkanes) is 2. The standard InChI is InChI=1S/C11H25N/c1-5-9-10-11-12(6-2,7-3)8-4/h1,5-11H2,2-4H3/q+1. The van der Waals surface area contributed by atoms with Crippen molar-refractivity contribution in [2.75, 3.05) is 26.2 Å². The predicted molar refractivity (Wildman–Crippen MR) is 56.0 cm³/mol. The van der Waals surface area contributed by atoms with E-state index in [9.17, 15) is 0 Å². The lowest BCUT2D eigenvalue weighted by Gasteiger charge is -2.35. The largest absolute Gasteiger partial charge is 0.324 e. The number of nitrogens with zero attached hydrogens (tertiary/aromatic N) is 1. The second kappa shape index (κ2) is 6.47. The number of hydrogen-bond acceptors (Lipinski definition) is 0. The number of rotatable bonds is 7. The molecule has 0 N–H and O–H groups in total. The first kappa shape index (κ1) is 12.0. The molecular weight excluding hydrogens is 146 g/mol. The van der Waals surface area contributed by atoms with Gasteiger partial charge in [-0.05, 0) is 33.6 Å². The van der Waals surface area contributed by atoms with Crippen LogP contribution in [0.3, 0.4) is 0 Å². The van der Waals surface area contributed by atoms with E-state index in [2.05, 4.69) is 27.7 Å². The first-order chi connectivity index (χ1) is 5.74. The quantitative estimate of drug-likeness (QED) is 0.408. The molecule has 0 aliphatic carbocycles. The van der Waals surface area contributed by atoms with Gasteiger partial charge in [0, 0.05) is 0 Å². The molecule has 0 bridgehead atoms. The second-order valence-electron chi connectivity index (χ2n) is 3.57. The third kappa shape index (κ3) is 3.57. The average Bonchev–Trinajstić information content (AvgIpc) is 2.14. The number of quaternary nitrogens is 1. The minimum Gasteiger partial charge on any atom is -0.324 e. The van der Waals surface area contributed by atoms with Gasteiger partial charge in [-0.15, -0.1) is 0 Å². The molecule has 1 nitrogen and oxygen atoms in total. The van der Waals surface area contributed by atoms with E-state index in [1.165, 1.54) is 43.5 Å². The third-order valence-corrected chi connectivity index (χ3v) is 3.14. The molecule has 0 aliphatic heterocycles. The second-order valence-corrected chi connectivity index (χ2v) is 3.57. The van der Waals surface area contributed by atoms with Gasteiger partial charge in [0.2, 0.25) is 0 Å². The molecule has 0 heterocycles. The van der Waals surface area contributed by atoms with Crippen LogP contribution in [0, 0.1) is 6.92 Å². The Morgan fingerprint density at radius 3 is 1.75 bits per heavy atom. The molecule has 1 heteroatoms. The Morgan fingerprint density at radius 1 is 0.917 bits per heavy atom. The van der Waals surface area contributed by atoms with Crippen molar-refractivity contribution in [1.29, 1.82) is 0 Å². The lowest BCUT2D eigenvalue weighted by Crippen LogP contribution is -2.48. The van der Waals surface area contributed by atoms with Crippen LogP contribution in [0.5, 0.6) is 0 Å². The van der Waals surface area contributed by atoms with Gasteiger partial charge in [0.25, 0.3) is 0 Å². The summed E-state index contributed by atoms with van der Waals surface area (Å²) in [7, 11) is 0. The van der Waals surface area contributed by atoms with Gasteiger partial charge < -0.3 is 4.48 Å². The van der Waals surface area contributed by atoms with Crippen molar-refractivity contribution in [2.45, 2.75) is 40.0 Å². The van der Waals surface area contributed by atoms with E-state index in [1.807, 2.05) is 0 Å². The molecule has 0 unspecified atom stereocenters. The van der Waals surface area contributed by atoms with Crippen molar-refractivity contribution in [3.05, 3.63) is 6.92 Å². The normalized spacial score (nSPS) is 12.0. The smallest absolute Gasteiger partial charge is 0.0786 e. The lowest BCUT2D eigenvalue weighted by atomic mass is 10.2. The van der Waals surface area contributed by atoms with Crippen molar-refractivity contribution in [3.8, 4) is 0 Å². The molecule has 0 aromatic carbocycles. The van der Waals surface area contributed by atoms with E-state index in [0.717, 1.165) is 6.42 Å². The van der Waals surface area contributed by atoms with Crippen LogP contribution in [0.15, 0.2) is 0 Å². The van der Waals surface area contributed by atoms with Crippen molar-refractivity contribution in [2.24, 2.45) is 0 Å². The van der Waals surface area contributed by atoms with Crippen LogP contribution < -0.4 is 0 Å². The van der Waals surface area contributed by atoms with Crippen LogP contribution in [-0.2, 0) is 0 Å². The molecule has 73 valence electrons. The molecule has 1 radical (unpaired) electrons. The Bertz CT molecular complexity index is 86.9. The minimum atomic E-state index is 1.09. The summed E-state index contributed by atoms with van der Waals surface area (Å²) in [5, 5.41) is 0. The van der Waals surface area contributed by atoms with Gasteiger partial charge in [-0.2, -0.15) is 0 Å². The summed E-state index contributed by atoms with van der Waals surface area (Å²) in [6.07, 6.45) is 3.73. The first-order valence-electron chi connectivity index (χ1n) is 5.39. The van der Waals surface area contributed by atoms with Crippen LogP contribution in [0.2, 0.25) is 0 Å². The Balaban J connectivity index is 3.76. The molecule has 0 rings (SSSR count). The zero-order valence-electron chi connectivity index (χ0n) is 9.10. The van der Waals surface area contributed by atoms with Crippen molar-refractivity contribution < 1.29 is 4.48 Å². The fourth-order valence-corrected chi connectivity index (χ4v) is 1.77. The highest BCUT2D eigenvalue weighted by Crippen LogP contribution is 2.09. The van der Waals surface area contributed by atoms with Gasteiger partial charge in [0.1, 0.15) is 0 Å². The molecule has 0 aliphatic rings. The highest BCUT2D eigenvalue weighted by atomic mass is 15.3. The maximum Gasteiger partial charge on any atom is 0.0786 e. The van der Waals surface area contributed by atoms with E-state index in [4.69, 9.17) is 0 Å². The Labute approximate surface area is 78.4 Å². The van der Waals surface area contributed by atoms with Gasteiger partial charge in [-0.1, -0.05) is 13.3 Å². The van der Waals surface area contributed by atoms with Gasteiger partial charge in [0.05, 0.1) is 26.2 Å². The molecule has 0 aromatic rings. The average molecular weight is 171 g/mol. The Kier molecular flexibility index (Phi) is 6.45. The fourth-order valence-electron chi connectivity index (χ4n) is 1.77. The number of hydrogen-bond donors (Lipinski definition) is 0. The molecule has 0 saturated heterocycles. The van der Waals surface area contributed by atoms with Crippen molar-refractivity contribution in [3.63, 3.8) is 0 Å². The van der Waals surface area contributed by atoms with Crippen LogP contribution in [-0.4, -0.2) is 30.7 Å². The van der Waals surface area contributed by atoms with E-state index >= 15 is 0 Å². The Hall–Kier alpha value is -0.0400. The van der Waals surface area contributed by atoms with E-state index in [-0.39, 0.29) is 0 Å². The molecule has 0 spiro atoms.